The van der Waals surface area contributed by atoms with Gasteiger partial charge in [0, 0.05) is 29.9 Å². The van der Waals surface area contributed by atoms with E-state index in [0.717, 1.165) is 38.9 Å². The van der Waals surface area contributed by atoms with Gasteiger partial charge in [-0.3, -0.25) is 14.4 Å². The fraction of sp³-hybridized carbons (Fsp3) is 0.296. The molecule has 0 atom stereocenters. The highest BCUT2D eigenvalue weighted by atomic mass is 16.5. The van der Waals surface area contributed by atoms with Crippen molar-refractivity contribution >= 4 is 29.1 Å². The van der Waals surface area contributed by atoms with Gasteiger partial charge >= 0.3 is 0 Å². The Morgan fingerprint density at radius 1 is 0.972 bits per heavy atom. The average molecular weight is 491 g/mol. The van der Waals surface area contributed by atoms with Gasteiger partial charge in [-0.15, -0.1) is 0 Å². The van der Waals surface area contributed by atoms with Crippen molar-refractivity contribution in [1.29, 1.82) is 0 Å². The van der Waals surface area contributed by atoms with Gasteiger partial charge in [0.25, 0.3) is 11.8 Å². The van der Waals surface area contributed by atoms with E-state index in [4.69, 9.17) is 14.9 Å². The van der Waals surface area contributed by atoms with Gasteiger partial charge < -0.3 is 30.4 Å². The first-order valence-corrected chi connectivity index (χ1v) is 11.9. The highest BCUT2D eigenvalue weighted by Gasteiger charge is 2.22. The molecule has 2 aromatic carbocycles. The third-order valence-electron chi connectivity index (χ3n) is 6.15. The van der Waals surface area contributed by atoms with E-state index in [-0.39, 0.29) is 36.0 Å². The Hall–Kier alpha value is -4.11. The lowest BCUT2D eigenvalue weighted by Crippen LogP contribution is -2.39. The van der Waals surface area contributed by atoms with Crippen molar-refractivity contribution in [3.05, 3.63) is 78.3 Å². The number of primary amides is 1. The molecule has 188 valence electrons. The Morgan fingerprint density at radius 2 is 1.75 bits per heavy atom. The number of hydrogen-bond acceptors (Lipinski definition) is 6. The number of rotatable bonds is 10. The lowest BCUT2D eigenvalue weighted by Gasteiger charge is -2.30. The van der Waals surface area contributed by atoms with Crippen molar-refractivity contribution in [2.75, 3.05) is 36.9 Å². The molecule has 1 aliphatic rings. The molecule has 9 nitrogen and oxygen atoms in total. The maximum atomic E-state index is 12.3. The van der Waals surface area contributed by atoms with Crippen LogP contribution in [-0.2, 0) is 16.0 Å². The highest BCUT2D eigenvalue weighted by Crippen LogP contribution is 2.19. The van der Waals surface area contributed by atoms with Crippen LogP contribution < -0.4 is 21.1 Å². The number of furan rings is 1. The van der Waals surface area contributed by atoms with Gasteiger partial charge in [0.05, 0.1) is 6.26 Å². The second kappa shape index (κ2) is 12.0. The minimum Gasteiger partial charge on any atom is -0.484 e. The Balaban J connectivity index is 1.19. The van der Waals surface area contributed by atoms with Crippen LogP contribution in [-0.4, -0.2) is 48.9 Å². The lowest BCUT2D eigenvalue weighted by atomic mass is 9.96. The summed E-state index contributed by atoms with van der Waals surface area (Å²) in [4.78, 5) is 38.1. The van der Waals surface area contributed by atoms with Gasteiger partial charge in [-0.2, -0.15) is 0 Å². The van der Waals surface area contributed by atoms with E-state index in [2.05, 4.69) is 15.5 Å². The van der Waals surface area contributed by atoms with Crippen LogP contribution in [0.5, 0.6) is 5.75 Å². The van der Waals surface area contributed by atoms with Crippen LogP contribution in [0.2, 0.25) is 0 Å². The number of carbonyl (C=O) groups is 3. The number of carbonyl (C=O) groups excluding carboxylic acids is 3. The SMILES string of the molecule is NC(=O)C1CCN(CCc2ccc(NC(=O)COc3cccc(NC(=O)c4ccco4)c3)cc2)CC1. The fourth-order valence-corrected chi connectivity index (χ4v) is 4.09. The summed E-state index contributed by atoms with van der Waals surface area (Å²) in [7, 11) is 0. The van der Waals surface area contributed by atoms with E-state index in [1.807, 2.05) is 24.3 Å². The van der Waals surface area contributed by atoms with E-state index in [9.17, 15) is 14.4 Å². The third kappa shape index (κ3) is 7.19. The van der Waals surface area contributed by atoms with Crippen molar-refractivity contribution in [2.24, 2.45) is 11.7 Å². The van der Waals surface area contributed by atoms with Crippen LogP contribution in [0.15, 0.2) is 71.3 Å². The zero-order valence-electron chi connectivity index (χ0n) is 19.9. The maximum Gasteiger partial charge on any atom is 0.291 e. The zero-order valence-corrected chi connectivity index (χ0v) is 19.9. The summed E-state index contributed by atoms with van der Waals surface area (Å²) >= 11 is 0. The normalized spacial score (nSPS) is 14.2. The summed E-state index contributed by atoms with van der Waals surface area (Å²) in [5, 5.41) is 5.55. The number of amides is 3. The molecule has 0 radical (unpaired) electrons. The van der Waals surface area contributed by atoms with E-state index in [1.165, 1.54) is 11.8 Å². The van der Waals surface area contributed by atoms with Crippen LogP contribution in [0.3, 0.4) is 0 Å². The number of nitrogens with two attached hydrogens (primary N) is 1. The van der Waals surface area contributed by atoms with Gasteiger partial charge in [0.2, 0.25) is 5.91 Å². The quantitative estimate of drug-likeness (QED) is 0.400. The number of piperidine rings is 1. The zero-order chi connectivity index (χ0) is 25.3. The molecule has 9 heteroatoms. The number of likely N-dealkylation sites (tertiary alicyclic amines) is 1. The molecule has 3 amide bonds. The monoisotopic (exact) mass is 490 g/mol. The first kappa shape index (κ1) is 25.0. The van der Waals surface area contributed by atoms with Gasteiger partial charge in [-0.05, 0) is 74.3 Å². The van der Waals surface area contributed by atoms with Crippen molar-refractivity contribution in [2.45, 2.75) is 19.3 Å². The Kier molecular flexibility index (Phi) is 8.36. The van der Waals surface area contributed by atoms with E-state index < -0.39 is 0 Å². The molecule has 0 spiro atoms. The molecule has 4 rings (SSSR count). The van der Waals surface area contributed by atoms with Gasteiger partial charge in [0.1, 0.15) is 5.75 Å². The molecule has 0 bridgehead atoms. The standard InChI is InChI=1S/C27H30N4O5/c28-26(33)20-11-14-31(15-12-20)13-10-19-6-8-21(9-7-19)29-25(32)18-36-23-4-1-3-22(17-23)30-27(34)24-5-2-16-35-24/h1-9,16-17,20H,10-15,18H2,(H2,28,33)(H,29,32)(H,30,34). The largest absolute Gasteiger partial charge is 0.484 e. The molecule has 0 aliphatic carbocycles. The summed E-state index contributed by atoms with van der Waals surface area (Å²) in [5.41, 5.74) is 7.79. The maximum absolute atomic E-state index is 12.3. The molecule has 2 heterocycles. The summed E-state index contributed by atoms with van der Waals surface area (Å²) < 4.78 is 10.7. The lowest BCUT2D eigenvalue weighted by molar-refractivity contribution is -0.123. The van der Waals surface area contributed by atoms with Gasteiger partial charge in [-0.25, -0.2) is 0 Å². The number of ether oxygens (including phenoxy) is 1. The number of nitrogens with zero attached hydrogens (tertiary/aromatic N) is 1. The van der Waals surface area contributed by atoms with E-state index >= 15 is 0 Å². The summed E-state index contributed by atoms with van der Waals surface area (Å²) in [6.07, 6.45) is 3.98. The minimum atomic E-state index is -0.369. The summed E-state index contributed by atoms with van der Waals surface area (Å²) in [6.45, 7) is 2.53. The Bertz CT molecular complexity index is 1170. The first-order valence-electron chi connectivity index (χ1n) is 11.9. The molecule has 1 aliphatic heterocycles. The average Bonchev–Trinajstić information content (AvgIpc) is 3.43. The molecule has 3 aromatic rings. The predicted octanol–water partition coefficient (Wildman–Crippen LogP) is 3.29. The molecule has 1 saturated heterocycles. The smallest absolute Gasteiger partial charge is 0.291 e. The Morgan fingerprint density at radius 3 is 2.44 bits per heavy atom. The minimum absolute atomic E-state index is 0.00487. The van der Waals surface area contributed by atoms with E-state index in [0.29, 0.717) is 17.1 Å². The fourth-order valence-electron chi connectivity index (χ4n) is 4.09. The van der Waals surface area contributed by atoms with Gasteiger partial charge in [-0.1, -0.05) is 18.2 Å². The summed E-state index contributed by atoms with van der Waals surface area (Å²) in [5.74, 6) is -0.184. The molecule has 0 unspecified atom stereocenters. The number of hydrogen-bond donors (Lipinski definition) is 3. The van der Waals surface area contributed by atoms with Crippen LogP contribution in [0.25, 0.3) is 0 Å². The predicted molar refractivity (Wildman–Crippen MR) is 136 cm³/mol. The molecule has 36 heavy (non-hydrogen) atoms. The third-order valence-corrected chi connectivity index (χ3v) is 6.15. The Labute approximate surface area is 209 Å². The van der Waals surface area contributed by atoms with Crippen molar-refractivity contribution in [3.8, 4) is 5.75 Å². The van der Waals surface area contributed by atoms with Crippen LogP contribution >= 0.6 is 0 Å². The van der Waals surface area contributed by atoms with Crippen molar-refractivity contribution in [3.63, 3.8) is 0 Å². The summed E-state index contributed by atoms with van der Waals surface area (Å²) in [6, 6.07) is 17.7. The van der Waals surface area contributed by atoms with Crippen molar-refractivity contribution < 1.29 is 23.5 Å². The first-order chi connectivity index (χ1) is 17.5. The highest BCUT2D eigenvalue weighted by molar-refractivity contribution is 6.02. The number of nitrogens with one attached hydrogen (secondary N) is 2. The van der Waals surface area contributed by atoms with Crippen LogP contribution in [0, 0.1) is 5.92 Å². The molecular weight excluding hydrogens is 460 g/mol. The second-order valence-corrected chi connectivity index (χ2v) is 8.76. The molecular formula is C27H30N4O5. The number of anilines is 2. The second-order valence-electron chi connectivity index (χ2n) is 8.76. The molecule has 1 aromatic heterocycles. The number of benzene rings is 2. The van der Waals surface area contributed by atoms with Gasteiger partial charge in [0.15, 0.2) is 12.4 Å². The van der Waals surface area contributed by atoms with Crippen LogP contribution in [0.4, 0.5) is 11.4 Å². The van der Waals surface area contributed by atoms with Crippen LogP contribution in [0.1, 0.15) is 29.0 Å². The topological polar surface area (TPSA) is 127 Å². The molecule has 1 fully saturated rings. The van der Waals surface area contributed by atoms with E-state index in [1.54, 1.807) is 36.4 Å². The van der Waals surface area contributed by atoms with Crippen molar-refractivity contribution in [1.82, 2.24) is 4.90 Å². The molecule has 0 saturated carbocycles. The molecule has 4 N–H and O–H groups in total.